The molecule has 22 heavy (non-hydrogen) atoms. The fraction of sp³-hybridized carbons (Fsp3) is 0.235. The van der Waals surface area contributed by atoms with Crippen molar-refractivity contribution in [3.05, 3.63) is 54.3 Å². The average Bonchev–Trinajstić information content (AvgIpc) is 3.06. The highest BCUT2D eigenvalue weighted by molar-refractivity contribution is 5.94. The molecule has 1 heterocycles. The zero-order valence-electron chi connectivity index (χ0n) is 12.0. The van der Waals surface area contributed by atoms with Crippen LogP contribution in [0.5, 0.6) is 0 Å². The zero-order chi connectivity index (χ0) is 15.4. The van der Waals surface area contributed by atoms with Crippen molar-refractivity contribution < 1.29 is 13.9 Å². The van der Waals surface area contributed by atoms with Crippen molar-refractivity contribution in [2.24, 2.45) is 0 Å². The van der Waals surface area contributed by atoms with Gasteiger partial charge in [0.05, 0.1) is 5.69 Å². The van der Waals surface area contributed by atoms with Gasteiger partial charge in [-0.15, -0.1) is 0 Å². The number of hydrogen-bond donors (Lipinski definition) is 2. The number of anilines is 3. The van der Waals surface area contributed by atoms with Gasteiger partial charge in [-0.2, -0.15) is 0 Å². The SMILES string of the molecule is O=C(Nc1ccc(Nc2ccccc2F)cc1)C1CCCO1. The molecule has 4 nitrogen and oxygen atoms in total. The standard InChI is InChI=1S/C17H17FN2O2/c18-14-4-1-2-5-15(14)19-12-7-9-13(10-8-12)20-17(21)16-6-3-11-22-16/h1-2,4-5,7-10,16,19H,3,6,11H2,(H,20,21). The Morgan fingerprint density at radius 1 is 1.09 bits per heavy atom. The summed E-state index contributed by atoms with van der Waals surface area (Å²) in [5.41, 5.74) is 1.86. The zero-order valence-corrected chi connectivity index (χ0v) is 12.0. The molecule has 3 rings (SSSR count). The van der Waals surface area contributed by atoms with Crippen molar-refractivity contribution in [2.75, 3.05) is 17.2 Å². The lowest BCUT2D eigenvalue weighted by molar-refractivity contribution is -0.124. The molecule has 1 unspecified atom stereocenters. The highest BCUT2D eigenvalue weighted by atomic mass is 19.1. The molecule has 1 atom stereocenters. The van der Waals surface area contributed by atoms with Gasteiger partial charge in [-0.1, -0.05) is 12.1 Å². The molecule has 1 aliphatic rings. The number of ether oxygens (including phenoxy) is 1. The molecule has 2 aromatic carbocycles. The van der Waals surface area contributed by atoms with Gasteiger partial charge < -0.3 is 15.4 Å². The van der Waals surface area contributed by atoms with E-state index >= 15 is 0 Å². The van der Waals surface area contributed by atoms with Gasteiger partial charge in [-0.05, 0) is 49.2 Å². The predicted octanol–water partition coefficient (Wildman–Crippen LogP) is 3.69. The average molecular weight is 300 g/mol. The fourth-order valence-electron chi connectivity index (χ4n) is 2.36. The summed E-state index contributed by atoms with van der Waals surface area (Å²) in [5, 5.41) is 5.82. The second kappa shape index (κ2) is 6.58. The maximum absolute atomic E-state index is 13.6. The number of carbonyl (C=O) groups is 1. The van der Waals surface area contributed by atoms with E-state index in [0.29, 0.717) is 18.0 Å². The van der Waals surface area contributed by atoms with Crippen molar-refractivity contribution in [3.8, 4) is 0 Å². The first-order valence-electron chi connectivity index (χ1n) is 7.26. The van der Waals surface area contributed by atoms with E-state index in [1.54, 1.807) is 42.5 Å². The van der Waals surface area contributed by atoms with Crippen molar-refractivity contribution >= 4 is 23.0 Å². The Hall–Kier alpha value is -2.40. The maximum atomic E-state index is 13.6. The molecule has 1 saturated heterocycles. The lowest BCUT2D eigenvalue weighted by atomic mass is 10.2. The van der Waals surface area contributed by atoms with E-state index in [1.165, 1.54) is 6.07 Å². The molecular weight excluding hydrogens is 283 g/mol. The Morgan fingerprint density at radius 3 is 2.50 bits per heavy atom. The van der Waals surface area contributed by atoms with Crippen LogP contribution < -0.4 is 10.6 Å². The van der Waals surface area contributed by atoms with Crippen LogP contribution >= 0.6 is 0 Å². The molecule has 0 radical (unpaired) electrons. The number of carbonyl (C=O) groups excluding carboxylic acids is 1. The minimum atomic E-state index is -0.351. The minimum absolute atomic E-state index is 0.118. The van der Waals surface area contributed by atoms with Crippen LogP contribution in [0.15, 0.2) is 48.5 Å². The smallest absolute Gasteiger partial charge is 0.253 e. The Bertz CT molecular complexity index is 652. The van der Waals surface area contributed by atoms with Crippen LogP contribution in [-0.4, -0.2) is 18.6 Å². The van der Waals surface area contributed by atoms with E-state index < -0.39 is 0 Å². The maximum Gasteiger partial charge on any atom is 0.253 e. The Morgan fingerprint density at radius 2 is 1.82 bits per heavy atom. The van der Waals surface area contributed by atoms with Crippen LogP contribution in [0.1, 0.15) is 12.8 Å². The molecule has 5 heteroatoms. The van der Waals surface area contributed by atoms with Gasteiger partial charge in [0, 0.05) is 18.0 Å². The van der Waals surface area contributed by atoms with Gasteiger partial charge in [0.1, 0.15) is 11.9 Å². The molecule has 114 valence electrons. The van der Waals surface area contributed by atoms with Crippen LogP contribution in [0.4, 0.5) is 21.5 Å². The number of nitrogens with one attached hydrogen (secondary N) is 2. The van der Waals surface area contributed by atoms with Gasteiger partial charge in [0.25, 0.3) is 5.91 Å². The molecule has 0 saturated carbocycles. The number of hydrogen-bond acceptors (Lipinski definition) is 3. The van der Waals surface area contributed by atoms with Crippen LogP contribution in [0.3, 0.4) is 0 Å². The summed E-state index contributed by atoms with van der Waals surface area (Å²) in [4.78, 5) is 11.9. The highest BCUT2D eigenvalue weighted by Gasteiger charge is 2.23. The minimum Gasteiger partial charge on any atom is -0.368 e. The summed E-state index contributed by atoms with van der Waals surface area (Å²) in [6.45, 7) is 0.642. The van der Waals surface area contributed by atoms with Crippen LogP contribution in [0.25, 0.3) is 0 Å². The quantitative estimate of drug-likeness (QED) is 0.905. The Kier molecular flexibility index (Phi) is 4.34. The lowest BCUT2D eigenvalue weighted by Gasteiger charge is -2.11. The van der Waals surface area contributed by atoms with E-state index in [1.807, 2.05) is 0 Å². The van der Waals surface area contributed by atoms with E-state index in [-0.39, 0.29) is 17.8 Å². The molecule has 1 fully saturated rings. The lowest BCUT2D eigenvalue weighted by Crippen LogP contribution is -2.26. The molecule has 0 aromatic heterocycles. The summed E-state index contributed by atoms with van der Waals surface area (Å²) >= 11 is 0. The molecule has 0 spiro atoms. The van der Waals surface area contributed by atoms with Gasteiger partial charge >= 0.3 is 0 Å². The normalized spacial score (nSPS) is 17.2. The van der Waals surface area contributed by atoms with Gasteiger partial charge in [-0.25, -0.2) is 4.39 Å². The molecule has 1 aliphatic heterocycles. The van der Waals surface area contributed by atoms with Crippen molar-refractivity contribution in [3.63, 3.8) is 0 Å². The molecule has 2 aromatic rings. The van der Waals surface area contributed by atoms with Gasteiger partial charge in [-0.3, -0.25) is 4.79 Å². The molecular formula is C17H17FN2O2. The van der Waals surface area contributed by atoms with Gasteiger partial charge in [0.2, 0.25) is 0 Å². The third-order valence-corrected chi connectivity index (χ3v) is 3.53. The number of halogens is 1. The fourth-order valence-corrected chi connectivity index (χ4v) is 2.36. The molecule has 0 aliphatic carbocycles. The van der Waals surface area contributed by atoms with Crippen LogP contribution in [0, 0.1) is 5.82 Å². The summed E-state index contributed by atoms with van der Waals surface area (Å²) in [6, 6.07) is 13.6. The monoisotopic (exact) mass is 300 g/mol. The summed E-state index contributed by atoms with van der Waals surface area (Å²) in [7, 11) is 0. The second-order valence-electron chi connectivity index (χ2n) is 5.17. The van der Waals surface area contributed by atoms with E-state index in [4.69, 9.17) is 4.74 Å². The first kappa shape index (κ1) is 14.5. The summed E-state index contributed by atoms with van der Waals surface area (Å²) in [6.07, 6.45) is 1.33. The largest absolute Gasteiger partial charge is 0.368 e. The molecule has 0 bridgehead atoms. The van der Waals surface area contributed by atoms with Crippen molar-refractivity contribution in [1.82, 2.24) is 0 Å². The van der Waals surface area contributed by atoms with E-state index in [2.05, 4.69) is 10.6 Å². The predicted molar refractivity (Wildman–Crippen MR) is 83.7 cm³/mol. The second-order valence-corrected chi connectivity index (χ2v) is 5.17. The number of amides is 1. The van der Waals surface area contributed by atoms with E-state index in [0.717, 1.165) is 18.5 Å². The van der Waals surface area contributed by atoms with Crippen LogP contribution in [0.2, 0.25) is 0 Å². The first-order valence-corrected chi connectivity index (χ1v) is 7.26. The van der Waals surface area contributed by atoms with Gasteiger partial charge in [0.15, 0.2) is 0 Å². The Balaban J connectivity index is 1.63. The highest BCUT2D eigenvalue weighted by Crippen LogP contribution is 2.22. The van der Waals surface area contributed by atoms with Crippen LogP contribution in [-0.2, 0) is 9.53 Å². The first-order chi connectivity index (χ1) is 10.7. The third-order valence-electron chi connectivity index (χ3n) is 3.53. The molecule has 1 amide bonds. The third kappa shape index (κ3) is 3.43. The molecule has 2 N–H and O–H groups in total. The number of benzene rings is 2. The van der Waals surface area contributed by atoms with Crippen molar-refractivity contribution in [2.45, 2.75) is 18.9 Å². The summed E-state index contributed by atoms with van der Waals surface area (Å²) in [5.74, 6) is -0.425. The van der Waals surface area contributed by atoms with E-state index in [9.17, 15) is 9.18 Å². The summed E-state index contributed by atoms with van der Waals surface area (Å²) < 4.78 is 18.9. The van der Waals surface area contributed by atoms with Crippen molar-refractivity contribution in [1.29, 1.82) is 0 Å². The number of rotatable bonds is 4. The number of para-hydroxylation sites is 1. The topological polar surface area (TPSA) is 50.4 Å². The Labute approximate surface area is 128 Å².